The highest BCUT2D eigenvalue weighted by Crippen LogP contribution is 2.24. The summed E-state index contributed by atoms with van der Waals surface area (Å²) >= 11 is 0. The Hall–Kier alpha value is -1.47. The number of carbonyl (C=O) groups is 1. The molecule has 7 nitrogen and oxygen atoms in total. The first-order chi connectivity index (χ1) is 10.3. The van der Waals surface area contributed by atoms with E-state index in [0.717, 1.165) is 51.2 Å². The quantitative estimate of drug-likeness (QED) is 0.865. The average molecular weight is 294 g/mol. The molecule has 1 aromatic heterocycles. The van der Waals surface area contributed by atoms with Crippen molar-refractivity contribution in [2.45, 2.75) is 37.7 Å². The van der Waals surface area contributed by atoms with E-state index in [1.54, 1.807) is 0 Å². The number of aromatic nitrogens is 3. The number of likely N-dealkylation sites (tertiary alicyclic amines) is 1. The molecule has 116 valence electrons. The molecule has 21 heavy (non-hydrogen) atoms. The monoisotopic (exact) mass is 294 g/mol. The predicted molar refractivity (Wildman–Crippen MR) is 74.7 cm³/mol. The number of hydrogen-bond donors (Lipinski definition) is 1. The second kappa shape index (κ2) is 7.00. The third-order valence-electron chi connectivity index (χ3n) is 4.22. The minimum absolute atomic E-state index is 0.0732. The van der Waals surface area contributed by atoms with E-state index in [2.05, 4.69) is 15.2 Å². The van der Waals surface area contributed by atoms with Gasteiger partial charge in [0.1, 0.15) is 18.8 Å². The molecule has 0 spiro atoms. The number of ether oxygens (including phenoxy) is 2. The van der Waals surface area contributed by atoms with Gasteiger partial charge in [0.2, 0.25) is 5.91 Å². The van der Waals surface area contributed by atoms with Crippen molar-refractivity contribution in [2.75, 3.05) is 32.9 Å². The number of piperidine rings is 1. The molecule has 3 rings (SSSR count). The van der Waals surface area contributed by atoms with Crippen LogP contribution in [0.15, 0.2) is 6.33 Å². The molecule has 1 amide bonds. The molecule has 1 N–H and O–H groups in total. The summed E-state index contributed by atoms with van der Waals surface area (Å²) in [6.45, 7) is 3.02. The van der Waals surface area contributed by atoms with Gasteiger partial charge in [0.05, 0.1) is 12.7 Å². The number of nitrogens with zero attached hydrogens (tertiary/aromatic N) is 3. The molecule has 0 aliphatic carbocycles. The van der Waals surface area contributed by atoms with E-state index in [1.807, 2.05) is 4.90 Å². The van der Waals surface area contributed by atoms with Crippen molar-refractivity contribution < 1.29 is 14.3 Å². The number of carbonyl (C=O) groups excluding carboxylic acids is 1. The minimum Gasteiger partial charge on any atom is -0.376 e. The zero-order valence-corrected chi connectivity index (χ0v) is 12.2. The van der Waals surface area contributed by atoms with Crippen LogP contribution < -0.4 is 0 Å². The van der Waals surface area contributed by atoms with Crippen LogP contribution in [-0.4, -0.2) is 65.0 Å². The largest absolute Gasteiger partial charge is 0.376 e. The Kier molecular flexibility index (Phi) is 4.82. The van der Waals surface area contributed by atoms with Gasteiger partial charge in [-0.1, -0.05) is 0 Å². The van der Waals surface area contributed by atoms with Gasteiger partial charge in [-0.15, -0.1) is 0 Å². The lowest BCUT2D eigenvalue weighted by molar-refractivity contribution is -0.138. The molecule has 3 heterocycles. The van der Waals surface area contributed by atoms with E-state index < -0.39 is 0 Å². The summed E-state index contributed by atoms with van der Waals surface area (Å²) in [6, 6.07) is 0. The Balaban J connectivity index is 1.36. The normalized spacial score (nSPS) is 23.6. The van der Waals surface area contributed by atoms with Crippen LogP contribution in [-0.2, 0) is 14.3 Å². The van der Waals surface area contributed by atoms with Gasteiger partial charge in [0, 0.05) is 25.6 Å². The second-order valence-corrected chi connectivity index (χ2v) is 5.68. The van der Waals surface area contributed by atoms with Gasteiger partial charge in [0.25, 0.3) is 0 Å². The summed E-state index contributed by atoms with van der Waals surface area (Å²) in [5, 5.41) is 6.79. The lowest BCUT2D eigenvalue weighted by Crippen LogP contribution is -2.40. The molecule has 7 heteroatoms. The van der Waals surface area contributed by atoms with Crippen molar-refractivity contribution in [3.63, 3.8) is 0 Å². The van der Waals surface area contributed by atoms with E-state index >= 15 is 0 Å². The van der Waals surface area contributed by atoms with Crippen LogP contribution in [0.3, 0.4) is 0 Å². The summed E-state index contributed by atoms with van der Waals surface area (Å²) in [4.78, 5) is 18.2. The molecule has 2 aliphatic rings. The van der Waals surface area contributed by atoms with Crippen molar-refractivity contribution in [1.82, 2.24) is 20.1 Å². The standard InChI is InChI=1S/C14H22N4O3/c19-13(9-20-8-12-2-1-7-21-12)18-5-3-11(4-6-18)14-15-10-16-17-14/h10-12H,1-9H2,(H,15,16,17)/t12-/m0/s1. The maximum Gasteiger partial charge on any atom is 0.248 e. The van der Waals surface area contributed by atoms with Gasteiger partial charge in [0.15, 0.2) is 0 Å². The van der Waals surface area contributed by atoms with Crippen LogP contribution in [0.4, 0.5) is 0 Å². The Morgan fingerprint density at radius 2 is 2.29 bits per heavy atom. The van der Waals surface area contributed by atoms with E-state index in [-0.39, 0.29) is 18.6 Å². The number of aromatic amines is 1. The molecular formula is C14H22N4O3. The third-order valence-corrected chi connectivity index (χ3v) is 4.22. The van der Waals surface area contributed by atoms with Gasteiger partial charge >= 0.3 is 0 Å². The maximum absolute atomic E-state index is 12.1. The second-order valence-electron chi connectivity index (χ2n) is 5.68. The van der Waals surface area contributed by atoms with E-state index in [9.17, 15) is 4.79 Å². The fourth-order valence-electron chi connectivity index (χ4n) is 2.96. The lowest BCUT2D eigenvalue weighted by Gasteiger charge is -2.31. The minimum atomic E-state index is 0.0732. The van der Waals surface area contributed by atoms with Crippen molar-refractivity contribution in [3.05, 3.63) is 12.2 Å². The average Bonchev–Trinajstić information content (AvgIpc) is 3.21. The molecule has 1 aromatic rings. The Morgan fingerprint density at radius 3 is 2.95 bits per heavy atom. The fraction of sp³-hybridized carbons (Fsp3) is 0.786. The van der Waals surface area contributed by atoms with Crippen molar-refractivity contribution in [3.8, 4) is 0 Å². The summed E-state index contributed by atoms with van der Waals surface area (Å²) in [5.74, 6) is 1.38. The highest BCUT2D eigenvalue weighted by atomic mass is 16.5. The highest BCUT2D eigenvalue weighted by molar-refractivity contribution is 5.77. The first kappa shape index (κ1) is 14.5. The topological polar surface area (TPSA) is 80.3 Å². The number of rotatable bonds is 5. The number of hydrogen-bond acceptors (Lipinski definition) is 5. The van der Waals surface area contributed by atoms with Crippen molar-refractivity contribution in [1.29, 1.82) is 0 Å². The highest BCUT2D eigenvalue weighted by Gasteiger charge is 2.25. The molecule has 0 unspecified atom stereocenters. The van der Waals surface area contributed by atoms with Gasteiger partial charge in [-0.3, -0.25) is 9.89 Å². The van der Waals surface area contributed by atoms with E-state index in [1.165, 1.54) is 6.33 Å². The van der Waals surface area contributed by atoms with Crippen molar-refractivity contribution in [2.24, 2.45) is 0 Å². The predicted octanol–water partition coefficient (Wildman–Crippen LogP) is 0.706. The van der Waals surface area contributed by atoms with Crippen LogP contribution >= 0.6 is 0 Å². The molecule has 0 radical (unpaired) electrons. The third kappa shape index (κ3) is 3.79. The summed E-state index contributed by atoms with van der Waals surface area (Å²) in [6.07, 6.45) is 5.69. The van der Waals surface area contributed by atoms with Gasteiger partial charge in [-0.05, 0) is 25.7 Å². The van der Waals surface area contributed by atoms with E-state index in [4.69, 9.17) is 9.47 Å². The van der Waals surface area contributed by atoms with E-state index in [0.29, 0.717) is 12.5 Å². The van der Waals surface area contributed by atoms with Crippen LogP contribution in [0.25, 0.3) is 0 Å². The summed E-state index contributed by atoms with van der Waals surface area (Å²) in [7, 11) is 0. The zero-order valence-electron chi connectivity index (χ0n) is 12.2. The lowest BCUT2D eigenvalue weighted by atomic mass is 9.96. The van der Waals surface area contributed by atoms with Gasteiger partial charge < -0.3 is 14.4 Å². The molecule has 0 bridgehead atoms. The molecule has 2 aliphatic heterocycles. The molecule has 0 saturated carbocycles. The molecule has 2 saturated heterocycles. The van der Waals surface area contributed by atoms with Crippen LogP contribution in [0.2, 0.25) is 0 Å². The summed E-state index contributed by atoms with van der Waals surface area (Å²) < 4.78 is 11.0. The smallest absolute Gasteiger partial charge is 0.248 e. The Morgan fingerprint density at radius 1 is 1.43 bits per heavy atom. The fourth-order valence-corrected chi connectivity index (χ4v) is 2.96. The van der Waals surface area contributed by atoms with Gasteiger partial charge in [-0.25, -0.2) is 4.98 Å². The maximum atomic E-state index is 12.1. The SMILES string of the molecule is O=C(COC[C@@H]1CCCO1)N1CCC(c2ncn[nH]2)CC1. The number of H-pyrrole nitrogens is 1. The number of nitrogens with one attached hydrogen (secondary N) is 1. The van der Waals surface area contributed by atoms with Crippen LogP contribution in [0.5, 0.6) is 0 Å². The first-order valence-corrected chi connectivity index (χ1v) is 7.65. The number of amides is 1. The van der Waals surface area contributed by atoms with Gasteiger partial charge in [-0.2, -0.15) is 5.10 Å². The summed E-state index contributed by atoms with van der Waals surface area (Å²) in [5.41, 5.74) is 0. The molecular weight excluding hydrogens is 272 g/mol. The Labute approximate surface area is 124 Å². The Bertz CT molecular complexity index is 437. The van der Waals surface area contributed by atoms with Crippen molar-refractivity contribution >= 4 is 5.91 Å². The van der Waals surface area contributed by atoms with Crippen LogP contribution in [0.1, 0.15) is 37.4 Å². The first-order valence-electron chi connectivity index (χ1n) is 7.65. The molecule has 0 aromatic carbocycles. The molecule has 2 fully saturated rings. The zero-order chi connectivity index (χ0) is 14.5. The van der Waals surface area contributed by atoms with Crippen LogP contribution in [0, 0.1) is 0 Å². The molecule has 1 atom stereocenters.